The highest BCUT2D eigenvalue weighted by Gasteiger charge is 2.64. The van der Waals surface area contributed by atoms with E-state index in [4.69, 9.17) is 35.3 Å². The lowest BCUT2D eigenvalue weighted by Crippen LogP contribution is -2.58. The van der Waals surface area contributed by atoms with Crippen LogP contribution < -0.4 is 34.6 Å². The quantitative estimate of drug-likeness (QED) is 0.332. The van der Waals surface area contributed by atoms with Gasteiger partial charge in [0.25, 0.3) is 5.56 Å². The minimum Gasteiger partial charge on any atom is -0.502 e. The molecule has 3 aliphatic rings. The van der Waals surface area contributed by atoms with E-state index in [0.29, 0.717) is 17.1 Å². The SMILES string of the molecule is COc1cc(C2C3=C(CC(C)C4(Oc5c(Cl)c(OC)cc(OC)c5C4=O)C3=O)Nc3c2c(=O)[nH]n3C(C)C)cc(OC)c1O. The number of halogens is 1. The second kappa shape index (κ2) is 10.3. The van der Waals surface area contributed by atoms with E-state index in [0.717, 1.165) is 0 Å². The Balaban J connectivity index is 1.61. The lowest BCUT2D eigenvalue weighted by molar-refractivity contribution is -0.130. The van der Waals surface area contributed by atoms with Gasteiger partial charge < -0.3 is 34.1 Å². The molecular formula is C31H32ClN3O9. The molecule has 232 valence electrons. The number of aromatic amines is 1. The van der Waals surface area contributed by atoms with Gasteiger partial charge in [-0.1, -0.05) is 18.5 Å². The molecule has 13 heteroatoms. The van der Waals surface area contributed by atoms with Crippen LogP contribution in [0.4, 0.5) is 5.82 Å². The summed E-state index contributed by atoms with van der Waals surface area (Å²) in [5, 5.41) is 16.9. The molecule has 12 nitrogen and oxygen atoms in total. The molecule has 2 aromatic carbocycles. The maximum Gasteiger partial charge on any atom is 0.270 e. The zero-order chi connectivity index (χ0) is 31.8. The van der Waals surface area contributed by atoms with Crippen molar-refractivity contribution in [3.8, 4) is 34.5 Å². The average Bonchev–Trinajstić information content (AvgIpc) is 3.51. The van der Waals surface area contributed by atoms with Gasteiger partial charge in [-0.25, -0.2) is 0 Å². The van der Waals surface area contributed by atoms with Gasteiger partial charge in [0.05, 0.1) is 34.0 Å². The Morgan fingerprint density at radius 3 is 2.16 bits per heavy atom. The van der Waals surface area contributed by atoms with E-state index in [1.165, 1.54) is 34.5 Å². The first-order valence-corrected chi connectivity index (χ1v) is 14.3. The standard InChI is InChI=1S/C31H32ClN3O9/c1-12(2)35-29-23(30(39)34-35)20(14-9-18(42-6)25(36)19(10-14)43-7)21-15(33-29)8-13(3)31(27(21)37)28(38)22-16(40-4)11-17(41-5)24(32)26(22)44-31/h9-13,20,33,36H,8H2,1-7H3,(H,34,39). The maximum atomic E-state index is 15.0. The fraction of sp³-hybridized carbons (Fsp3) is 0.387. The van der Waals surface area contributed by atoms with Crippen molar-refractivity contribution in [1.29, 1.82) is 0 Å². The number of fused-ring (bicyclic) bond motifs is 2. The zero-order valence-electron chi connectivity index (χ0n) is 25.2. The van der Waals surface area contributed by atoms with Crippen LogP contribution >= 0.6 is 11.6 Å². The zero-order valence-corrected chi connectivity index (χ0v) is 26.0. The van der Waals surface area contributed by atoms with Crippen LogP contribution in [0, 0.1) is 5.92 Å². The molecule has 0 amide bonds. The Bertz CT molecular complexity index is 1810. The summed E-state index contributed by atoms with van der Waals surface area (Å²) in [6.45, 7) is 5.59. The molecule has 6 rings (SSSR count). The number of hydrogen-bond donors (Lipinski definition) is 3. The third-order valence-corrected chi connectivity index (χ3v) is 9.05. The number of nitrogens with one attached hydrogen (secondary N) is 2. The Morgan fingerprint density at radius 2 is 1.59 bits per heavy atom. The van der Waals surface area contributed by atoms with Crippen molar-refractivity contribution >= 4 is 29.0 Å². The number of aromatic nitrogens is 2. The van der Waals surface area contributed by atoms with E-state index >= 15 is 0 Å². The molecule has 3 atom stereocenters. The van der Waals surface area contributed by atoms with Gasteiger partial charge in [0.15, 0.2) is 17.2 Å². The van der Waals surface area contributed by atoms with Gasteiger partial charge in [-0.05, 0) is 38.0 Å². The van der Waals surface area contributed by atoms with Crippen LogP contribution in [0.2, 0.25) is 5.02 Å². The van der Waals surface area contributed by atoms with Crippen LogP contribution in [0.1, 0.15) is 60.6 Å². The monoisotopic (exact) mass is 625 g/mol. The van der Waals surface area contributed by atoms with Gasteiger partial charge in [0, 0.05) is 35.2 Å². The lowest BCUT2D eigenvalue weighted by Gasteiger charge is -2.42. The molecule has 1 aliphatic carbocycles. The number of aromatic hydroxyl groups is 1. The van der Waals surface area contributed by atoms with Crippen molar-refractivity contribution < 1.29 is 38.4 Å². The summed E-state index contributed by atoms with van der Waals surface area (Å²) >= 11 is 6.62. The number of Topliss-reactive ketones (excluding diaryl/α,β-unsaturated/α-hetero) is 2. The molecule has 3 N–H and O–H groups in total. The molecule has 0 saturated heterocycles. The van der Waals surface area contributed by atoms with Gasteiger partial charge in [-0.15, -0.1) is 0 Å². The van der Waals surface area contributed by atoms with Crippen molar-refractivity contribution in [3.63, 3.8) is 0 Å². The number of phenolic OH excluding ortho intramolecular Hbond substituents is 1. The molecule has 3 unspecified atom stereocenters. The van der Waals surface area contributed by atoms with Crippen molar-refractivity contribution in [2.75, 3.05) is 33.8 Å². The van der Waals surface area contributed by atoms with Gasteiger partial charge in [0.1, 0.15) is 27.9 Å². The third-order valence-electron chi connectivity index (χ3n) is 8.69. The predicted molar refractivity (Wildman–Crippen MR) is 160 cm³/mol. The van der Waals surface area contributed by atoms with Crippen LogP contribution in [0.5, 0.6) is 34.5 Å². The molecule has 1 spiro atoms. The Morgan fingerprint density at radius 1 is 0.977 bits per heavy atom. The molecule has 0 bridgehead atoms. The smallest absolute Gasteiger partial charge is 0.270 e. The second-order valence-electron chi connectivity index (χ2n) is 11.3. The van der Waals surface area contributed by atoms with Crippen molar-refractivity contribution in [3.05, 3.63) is 61.5 Å². The average molecular weight is 626 g/mol. The van der Waals surface area contributed by atoms with Crippen molar-refractivity contribution in [1.82, 2.24) is 9.78 Å². The number of carbonyl (C=O) groups is 2. The second-order valence-corrected chi connectivity index (χ2v) is 11.7. The van der Waals surface area contributed by atoms with Gasteiger partial charge >= 0.3 is 0 Å². The summed E-state index contributed by atoms with van der Waals surface area (Å²) < 4.78 is 29.8. The number of hydrogen-bond acceptors (Lipinski definition) is 10. The van der Waals surface area contributed by atoms with Crippen molar-refractivity contribution in [2.24, 2.45) is 5.92 Å². The number of phenols is 1. The molecule has 0 radical (unpaired) electrons. The topological polar surface area (TPSA) is 150 Å². The number of H-pyrrole nitrogens is 1. The number of methoxy groups -OCH3 is 4. The first-order chi connectivity index (χ1) is 20.9. The van der Waals surface area contributed by atoms with Crippen LogP contribution in [0.15, 0.2) is 34.3 Å². The minimum atomic E-state index is -2.00. The summed E-state index contributed by atoms with van der Waals surface area (Å²) in [5.74, 6) is -2.09. The summed E-state index contributed by atoms with van der Waals surface area (Å²) in [6, 6.07) is 4.43. The van der Waals surface area contributed by atoms with E-state index < -0.39 is 34.6 Å². The normalized spacial score (nSPS) is 21.9. The number of ketones is 2. The predicted octanol–water partition coefficient (Wildman–Crippen LogP) is 4.59. The highest BCUT2D eigenvalue weighted by Crippen LogP contribution is 2.57. The summed E-state index contributed by atoms with van der Waals surface area (Å²) in [7, 11) is 5.58. The third kappa shape index (κ3) is 3.79. The van der Waals surface area contributed by atoms with Crippen LogP contribution in [-0.2, 0) is 4.79 Å². The number of ether oxygens (including phenoxy) is 5. The summed E-state index contributed by atoms with van der Waals surface area (Å²) in [6.07, 6.45) is 0.220. The lowest BCUT2D eigenvalue weighted by atomic mass is 9.66. The highest BCUT2D eigenvalue weighted by molar-refractivity contribution is 6.36. The molecule has 3 heterocycles. The van der Waals surface area contributed by atoms with E-state index in [9.17, 15) is 19.5 Å². The Hall–Kier alpha value is -4.58. The Labute approximate surface area is 257 Å². The molecule has 0 fully saturated rings. The number of nitrogens with zero attached hydrogens (tertiary/aromatic N) is 1. The van der Waals surface area contributed by atoms with Gasteiger partial charge in [0.2, 0.25) is 22.9 Å². The minimum absolute atomic E-state index is 0.00472. The van der Waals surface area contributed by atoms with Crippen LogP contribution in [0.3, 0.4) is 0 Å². The van der Waals surface area contributed by atoms with E-state index in [1.54, 1.807) is 23.7 Å². The van der Waals surface area contributed by atoms with Gasteiger partial charge in [-0.3, -0.25) is 24.2 Å². The number of anilines is 1. The number of rotatable bonds is 6. The van der Waals surface area contributed by atoms with E-state index in [-0.39, 0.29) is 68.7 Å². The molecule has 2 aliphatic heterocycles. The largest absolute Gasteiger partial charge is 0.502 e. The number of allylic oxidation sites excluding steroid dienone is 1. The summed E-state index contributed by atoms with van der Waals surface area (Å²) in [5.41, 5.74) is -1.00. The summed E-state index contributed by atoms with van der Waals surface area (Å²) in [4.78, 5) is 43.0. The number of carbonyl (C=O) groups excluding carboxylic acids is 2. The first-order valence-electron chi connectivity index (χ1n) is 14.0. The Kier molecular flexibility index (Phi) is 6.87. The molecular weight excluding hydrogens is 594 g/mol. The van der Waals surface area contributed by atoms with Crippen molar-refractivity contribution in [2.45, 2.75) is 44.8 Å². The number of benzene rings is 2. The molecule has 1 aromatic heterocycles. The molecule has 3 aromatic rings. The highest BCUT2D eigenvalue weighted by atomic mass is 35.5. The molecule has 44 heavy (non-hydrogen) atoms. The van der Waals surface area contributed by atoms with Gasteiger partial charge in [-0.2, -0.15) is 0 Å². The van der Waals surface area contributed by atoms with E-state index in [2.05, 4.69) is 10.4 Å². The van der Waals surface area contributed by atoms with Crippen LogP contribution in [-0.4, -0.2) is 60.5 Å². The first kappa shape index (κ1) is 29.5. The maximum absolute atomic E-state index is 15.0. The van der Waals surface area contributed by atoms with E-state index in [1.807, 2.05) is 13.8 Å². The fourth-order valence-electron chi connectivity index (χ4n) is 6.57. The molecule has 0 saturated carbocycles. The van der Waals surface area contributed by atoms with Crippen LogP contribution in [0.25, 0.3) is 0 Å². The fourth-order valence-corrected chi connectivity index (χ4v) is 6.83.